The fraction of sp³-hybridized carbons (Fsp3) is 0.833. The molecular weight excluding hydrogens is 172 g/mol. The Kier molecular flexibility index (Phi) is 5.66. The average Bonchev–Trinajstić information content (AvgIpc) is 2.25. The fourth-order valence-corrected chi connectivity index (χ4v) is 2.01. The molecule has 0 aromatic heterocycles. The van der Waals surface area contributed by atoms with E-state index < -0.39 is 0 Å². The Morgan fingerprint density at radius 3 is 2.64 bits per heavy atom. The monoisotopic (exact) mass is 194 g/mol. The zero-order chi connectivity index (χ0) is 10.2. The van der Waals surface area contributed by atoms with E-state index in [1.807, 2.05) is 0 Å². The molecule has 1 aliphatic heterocycles. The summed E-state index contributed by atoms with van der Waals surface area (Å²) in [4.78, 5) is 2.56. The first-order valence-electron chi connectivity index (χ1n) is 5.70. The van der Waals surface area contributed by atoms with E-state index in [9.17, 15) is 0 Å². The molecule has 2 heteroatoms. The molecule has 0 aromatic carbocycles. The van der Waals surface area contributed by atoms with Gasteiger partial charge in [-0.25, -0.2) is 0 Å². The molecule has 1 aliphatic rings. The zero-order valence-corrected chi connectivity index (χ0v) is 9.26. The molecule has 0 radical (unpaired) electrons. The molecule has 0 aliphatic carbocycles. The lowest BCUT2D eigenvalue weighted by molar-refractivity contribution is 0.199. The summed E-state index contributed by atoms with van der Waals surface area (Å²) in [7, 11) is 2.06. The Labute approximate surface area is 88.1 Å². The highest BCUT2D eigenvalue weighted by molar-refractivity contribution is 4.83. The third-order valence-electron chi connectivity index (χ3n) is 3.04. The normalized spacial score (nSPS) is 19.4. The Balaban J connectivity index is 2.02. The molecule has 80 valence electrons. The van der Waals surface area contributed by atoms with E-state index in [-0.39, 0.29) is 0 Å². The molecule has 0 aromatic rings. The van der Waals surface area contributed by atoms with Gasteiger partial charge in [0.2, 0.25) is 0 Å². The third-order valence-corrected chi connectivity index (χ3v) is 3.04. The molecule has 0 saturated carbocycles. The standard InChI is InChI=1S/C12H22N2/c1-3-4-5-6-9-14-10-7-12(13-2)8-11-14/h1,12-13H,4-11H2,2H3. The van der Waals surface area contributed by atoms with Crippen molar-refractivity contribution in [2.75, 3.05) is 26.7 Å². The number of piperidine rings is 1. The van der Waals surface area contributed by atoms with Gasteiger partial charge in [-0.2, -0.15) is 0 Å². The second-order valence-electron chi connectivity index (χ2n) is 4.07. The molecule has 1 rings (SSSR count). The highest BCUT2D eigenvalue weighted by Crippen LogP contribution is 2.10. The first kappa shape index (κ1) is 11.6. The maximum absolute atomic E-state index is 5.21. The van der Waals surface area contributed by atoms with Crippen LogP contribution in [0.3, 0.4) is 0 Å². The summed E-state index contributed by atoms with van der Waals surface area (Å²) >= 11 is 0. The van der Waals surface area contributed by atoms with Crippen molar-refractivity contribution in [2.24, 2.45) is 0 Å². The van der Waals surface area contributed by atoms with Gasteiger partial charge in [-0.05, 0) is 52.4 Å². The van der Waals surface area contributed by atoms with E-state index in [0.29, 0.717) is 0 Å². The SMILES string of the molecule is C#CCCCCN1CCC(NC)CC1. The Morgan fingerprint density at radius 1 is 1.36 bits per heavy atom. The molecule has 1 fully saturated rings. The van der Waals surface area contributed by atoms with Gasteiger partial charge >= 0.3 is 0 Å². The lowest BCUT2D eigenvalue weighted by Crippen LogP contribution is -2.41. The minimum absolute atomic E-state index is 0.747. The summed E-state index contributed by atoms with van der Waals surface area (Å²) in [6, 6.07) is 0.747. The van der Waals surface area contributed by atoms with E-state index in [2.05, 4.69) is 23.2 Å². The number of terminal acetylenes is 1. The predicted octanol–water partition coefficient (Wildman–Crippen LogP) is 1.47. The van der Waals surface area contributed by atoms with Gasteiger partial charge in [0.1, 0.15) is 0 Å². The van der Waals surface area contributed by atoms with Crippen molar-refractivity contribution in [1.82, 2.24) is 10.2 Å². The molecule has 0 bridgehead atoms. The molecule has 0 amide bonds. The third kappa shape index (κ3) is 4.13. The van der Waals surface area contributed by atoms with Crippen LogP contribution >= 0.6 is 0 Å². The van der Waals surface area contributed by atoms with Crippen LogP contribution < -0.4 is 5.32 Å². The maximum Gasteiger partial charge on any atom is 0.00884 e. The van der Waals surface area contributed by atoms with Crippen LogP contribution in [0.4, 0.5) is 0 Å². The van der Waals surface area contributed by atoms with Crippen molar-refractivity contribution < 1.29 is 0 Å². The molecule has 0 spiro atoms. The van der Waals surface area contributed by atoms with Crippen LogP contribution in [0, 0.1) is 12.3 Å². The summed E-state index contributed by atoms with van der Waals surface area (Å²) in [6.45, 7) is 3.74. The smallest absolute Gasteiger partial charge is 0.00884 e. The lowest BCUT2D eigenvalue weighted by atomic mass is 10.1. The number of hydrogen-bond donors (Lipinski definition) is 1. The maximum atomic E-state index is 5.21. The van der Waals surface area contributed by atoms with Crippen molar-refractivity contribution in [3.8, 4) is 12.3 Å². The van der Waals surface area contributed by atoms with Gasteiger partial charge in [0.15, 0.2) is 0 Å². The first-order chi connectivity index (χ1) is 6.86. The highest BCUT2D eigenvalue weighted by Gasteiger charge is 2.16. The minimum Gasteiger partial charge on any atom is -0.317 e. The van der Waals surface area contributed by atoms with Crippen molar-refractivity contribution in [3.05, 3.63) is 0 Å². The number of unbranched alkanes of at least 4 members (excludes halogenated alkanes) is 2. The zero-order valence-electron chi connectivity index (χ0n) is 9.26. The number of nitrogens with one attached hydrogen (secondary N) is 1. The van der Waals surface area contributed by atoms with Crippen LogP contribution in [0.25, 0.3) is 0 Å². The molecule has 1 heterocycles. The van der Waals surface area contributed by atoms with E-state index in [0.717, 1.165) is 12.5 Å². The largest absolute Gasteiger partial charge is 0.317 e. The highest BCUT2D eigenvalue weighted by atomic mass is 15.1. The van der Waals surface area contributed by atoms with E-state index in [1.165, 1.54) is 45.3 Å². The van der Waals surface area contributed by atoms with Crippen LogP contribution in [0.5, 0.6) is 0 Å². The van der Waals surface area contributed by atoms with Crippen molar-refractivity contribution in [1.29, 1.82) is 0 Å². The summed E-state index contributed by atoms with van der Waals surface area (Å²) in [6.07, 6.45) is 11.2. The van der Waals surface area contributed by atoms with Crippen molar-refractivity contribution in [3.63, 3.8) is 0 Å². The number of likely N-dealkylation sites (tertiary alicyclic amines) is 1. The van der Waals surface area contributed by atoms with Gasteiger partial charge in [0.05, 0.1) is 0 Å². The van der Waals surface area contributed by atoms with Crippen LogP contribution in [-0.2, 0) is 0 Å². The van der Waals surface area contributed by atoms with Gasteiger partial charge in [-0.15, -0.1) is 12.3 Å². The molecule has 1 saturated heterocycles. The van der Waals surface area contributed by atoms with Gasteiger partial charge in [-0.1, -0.05) is 0 Å². The number of nitrogens with zero attached hydrogens (tertiary/aromatic N) is 1. The van der Waals surface area contributed by atoms with Gasteiger partial charge < -0.3 is 10.2 Å². The second kappa shape index (κ2) is 6.86. The second-order valence-corrected chi connectivity index (χ2v) is 4.07. The fourth-order valence-electron chi connectivity index (χ4n) is 2.01. The Hall–Kier alpha value is -0.520. The van der Waals surface area contributed by atoms with Crippen LogP contribution in [0.2, 0.25) is 0 Å². The summed E-state index contributed by atoms with van der Waals surface area (Å²) in [5.41, 5.74) is 0. The van der Waals surface area contributed by atoms with Crippen LogP contribution in [0.15, 0.2) is 0 Å². The molecule has 14 heavy (non-hydrogen) atoms. The molecule has 0 unspecified atom stereocenters. The van der Waals surface area contributed by atoms with Gasteiger partial charge in [0, 0.05) is 12.5 Å². The van der Waals surface area contributed by atoms with Crippen LogP contribution in [0.1, 0.15) is 32.1 Å². The van der Waals surface area contributed by atoms with Crippen LogP contribution in [-0.4, -0.2) is 37.6 Å². The van der Waals surface area contributed by atoms with Gasteiger partial charge in [0.25, 0.3) is 0 Å². The van der Waals surface area contributed by atoms with Crippen molar-refractivity contribution >= 4 is 0 Å². The molecular formula is C12H22N2. The van der Waals surface area contributed by atoms with Gasteiger partial charge in [-0.3, -0.25) is 0 Å². The molecule has 2 nitrogen and oxygen atoms in total. The lowest BCUT2D eigenvalue weighted by Gasteiger charge is -2.31. The number of rotatable bonds is 5. The molecule has 0 atom stereocenters. The predicted molar refractivity (Wildman–Crippen MR) is 61.2 cm³/mol. The molecule has 1 N–H and O–H groups in total. The number of hydrogen-bond acceptors (Lipinski definition) is 2. The minimum atomic E-state index is 0.747. The topological polar surface area (TPSA) is 15.3 Å². The van der Waals surface area contributed by atoms with Crippen molar-refractivity contribution in [2.45, 2.75) is 38.1 Å². The van der Waals surface area contributed by atoms with E-state index in [4.69, 9.17) is 6.42 Å². The van der Waals surface area contributed by atoms with E-state index >= 15 is 0 Å². The average molecular weight is 194 g/mol. The Bertz CT molecular complexity index is 175. The summed E-state index contributed by atoms with van der Waals surface area (Å²) < 4.78 is 0. The first-order valence-corrected chi connectivity index (χ1v) is 5.70. The van der Waals surface area contributed by atoms with E-state index in [1.54, 1.807) is 0 Å². The summed E-state index contributed by atoms with van der Waals surface area (Å²) in [5.74, 6) is 2.69. The Morgan fingerprint density at radius 2 is 2.07 bits per heavy atom. The summed E-state index contributed by atoms with van der Waals surface area (Å²) in [5, 5.41) is 3.35. The quantitative estimate of drug-likeness (QED) is 0.527.